The minimum Gasteiger partial charge on any atom is -0.506 e. The zero-order valence-electron chi connectivity index (χ0n) is 8.42. The van der Waals surface area contributed by atoms with Crippen molar-refractivity contribution in [2.45, 2.75) is 12.6 Å². The van der Waals surface area contributed by atoms with Crippen molar-refractivity contribution < 1.29 is 19.4 Å². The smallest absolute Gasteiger partial charge is 0.294 e. The summed E-state index contributed by atoms with van der Waals surface area (Å²) in [6.07, 6.45) is -1.20. The second kappa shape index (κ2) is 5.13. The Morgan fingerprint density at radius 3 is 2.88 bits per heavy atom. The molecule has 6 nitrogen and oxygen atoms in total. The third-order valence-electron chi connectivity index (χ3n) is 2.00. The lowest BCUT2D eigenvalue weighted by Gasteiger charge is -2.10. The molecule has 0 fully saturated rings. The molecule has 16 heavy (non-hydrogen) atoms. The number of anilines is 1. The minimum absolute atomic E-state index is 0.00852. The van der Waals surface area contributed by atoms with E-state index in [-0.39, 0.29) is 29.9 Å². The molecule has 0 heterocycles. The highest BCUT2D eigenvalue weighted by Crippen LogP contribution is 2.24. The van der Waals surface area contributed by atoms with E-state index in [0.717, 1.165) is 0 Å². The van der Waals surface area contributed by atoms with E-state index in [1.165, 1.54) is 18.2 Å². The van der Waals surface area contributed by atoms with E-state index in [0.29, 0.717) is 0 Å². The molecule has 0 aliphatic heterocycles. The Kier molecular flexibility index (Phi) is 3.84. The molecule has 0 bridgehead atoms. The number of ketones is 1. The second-order valence-corrected chi connectivity index (χ2v) is 3.14. The van der Waals surface area contributed by atoms with Gasteiger partial charge >= 0.3 is 0 Å². The number of phenolic OH excluding ortho intramolecular Hbond substituents is 1. The van der Waals surface area contributed by atoms with Crippen LogP contribution in [0, 0.1) is 0 Å². The lowest BCUT2D eigenvalue weighted by molar-refractivity contribution is -0.133. The Labute approximate surface area is 91.8 Å². The quantitative estimate of drug-likeness (QED) is 0.213. The molecule has 0 amide bonds. The number of carbonyl (C=O) groups excluding carboxylic acids is 2. The Bertz CT molecular complexity index is 406. The average Bonchev–Trinajstić information content (AvgIpc) is 2.22. The van der Waals surface area contributed by atoms with Crippen LogP contribution in [0.25, 0.3) is 0 Å². The Morgan fingerprint density at radius 2 is 2.25 bits per heavy atom. The van der Waals surface area contributed by atoms with Crippen LogP contribution in [-0.4, -0.2) is 23.6 Å². The van der Waals surface area contributed by atoms with Crippen molar-refractivity contribution in [3.63, 3.8) is 0 Å². The maximum Gasteiger partial charge on any atom is 0.294 e. The predicted octanol–water partition coefficient (Wildman–Crippen LogP) is 0.00500. The van der Waals surface area contributed by atoms with Crippen LogP contribution in [-0.2, 0) is 9.53 Å². The molecular weight excluding hydrogens is 212 g/mol. The summed E-state index contributed by atoms with van der Waals surface area (Å²) in [5.41, 5.74) is 11.0. The largest absolute Gasteiger partial charge is 0.506 e. The van der Waals surface area contributed by atoms with Gasteiger partial charge in [-0.1, -0.05) is 6.07 Å². The number of Topliss-reactive ketones (excluding diaryl/α,β-unsaturated/α-hetero) is 1. The summed E-state index contributed by atoms with van der Waals surface area (Å²) in [5, 5.41) is 9.29. The first kappa shape index (κ1) is 12.0. The number of phenols is 1. The van der Waals surface area contributed by atoms with Crippen LogP contribution in [0.1, 0.15) is 16.8 Å². The standard InChI is InChI=1S/C10H12N2O4/c11-9(16-5-13)4-8(15)6-2-1-3-7(14)10(6)12/h1-3,5,9,14H,4,11-12H2. The SMILES string of the molecule is Nc1c(O)cccc1C(=O)CC(N)OC=O. The molecule has 0 aliphatic carbocycles. The fraction of sp³-hybridized carbons (Fsp3) is 0.200. The second-order valence-electron chi connectivity index (χ2n) is 3.14. The Hall–Kier alpha value is -2.08. The van der Waals surface area contributed by atoms with Gasteiger partial charge in [0.2, 0.25) is 0 Å². The van der Waals surface area contributed by atoms with Gasteiger partial charge in [0.1, 0.15) is 5.75 Å². The van der Waals surface area contributed by atoms with Gasteiger partial charge in [-0.3, -0.25) is 15.3 Å². The number of hydrogen-bond donors (Lipinski definition) is 3. The van der Waals surface area contributed by atoms with E-state index in [2.05, 4.69) is 4.74 Å². The van der Waals surface area contributed by atoms with Crippen LogP contribution in [0.4, 0.5) is 5.69 Å². The summed E-state index contributed by atoms with van der Waals surface area (Å²) in [5.74, 6) is -0.571. The van der Waals surface area contributed by atoms with Gasteiger partial charge in [0.15, 0.2) is 12.0 Å². The van der Waals surface area contributed by atoms with Gasteiger partial charge < -0.3 is 15.6 Å². The monoisotopic (exact) mass is 224 g/mol. The molecule has 1 aromatic carbocycles. The van der Waals surface area contributed by atoms with Crippen LogP contribution in [0.15, 0.2) is 18.2 Å². The number of benzene rings is 1. The van der Waals surface area contributed by atoms with E-state index in [4.69, 9.17) is 11.5 Å². The molecule has 1 atom stereocenters. The summed E-state index contributed by atoms with van der Waals surface area (Å²) in [6, 6.07) is 4.32. The van der Waals surface area contributed by atoms with Crippen molar-refractivity contribution in [1.29, 1.82) is 0 Å². The van der Waals surface area contributed by atoms with Crippen molar-refractivity contribution >= 4 is 17.9 Å². The van der Waals surface area contributed by atoms with Crippen LogP contribution in [0.3, 0.4) is 0 Å². The van der Waals surface area contributed by atoms with Gasteiger partial charge in [-0.25, -0.2) is 0 Å². The Balaban J connectivity index is 2.81. The lowest BCUT2D eigenvalue weighted by Crippen LogP contribution is -2.26. The van der Waals surface area contributed by atoms with Gasteiger partial charge in [-0.05, 0) is 12.1 Å². The molecule has 0 saturated carbocycles. The maximum absolute atomic E-state index is 11.6. The molecule has 0 spiro atoms. The van der Waals surface area contributed by atoms with Gasteiger partial charge in [-0.15, -0.1) is 0 Å². The number of hydrogen-bond acceptors (Lipinski definition) is 6. The van der Waals surface area contributed by atoms with Crippen molar-refractivity contribution in [3.8, 4) is 5.75 Å². The van der Waals surface area contributed by atoms with E-state index in [1.807, 2.05) is 0 Å². The van der Waals surface area contributed by atoms with Gasteiger partial charge in [-0.2, -0.15) is 0 Å². The fourth-order valence-corrected chi connectivity index (χ4v) is 1.21. The molecule has 0 radical (unpaired) electrons. The van der Waals surface area contributed by atoms with Gasteiger partial charge in [0.25, 0.3) is 6.47 Å². The third kappa shape index (κ3) is 2.71. The summed E-state index contributed by atoms with van der Waals surface area (Å²) in [6.45, 7) is 0.170. The number of carbonyl (C=O) groups is 2. The zero-order valence-corrected chi connectivity index (χ0v) is 8.42. The molecule has 0 aliphatic rings. The fourth-order valence-electron chi connectivity index (χ4n) is 1.21. The van der Waals surface area contributed by atoms with E-state index < -0.39 is 12.0 Å². The minimum atomic E-state index is -1.01. The normalized spacial score (nSPS) is 11.8. The summed E-state index contributed by atoms with van der Waals surface area (Å²) in [4.78, 5) is 21.6. The molecular formula is C10H12N2O4. The molecule has 1 unspecified atom stereocenters. The van der Waals surface area contributed by atoms with Crippen LogP contribution >= 0.6 is 0 Å². The third-order valence-corrected chi connectivity index (χ3v) is 2.00. The Morgan fingerprint density at radius 1 is 1.56 bits per heavy atom. The highest BCUT2D eigenvalue weighted by atomic mass is 16.5. The number of aromatic hydroxyl groups is 1. The summed E-state index contributed by atoms with van der Waals surface area (Å²) in [7, 11) is 0. The number of rotatable bonds is 5. The molecule has 1 rings (SSSR count). The molecule has 0 saturated heterocycles. The van der Waals surface area contributed by atoms with E-state index in [1.54, 1.807) is 0 Å². The van der Waals surface area contributed by atoms with Crippen LogP contribution in [0.2, 0.25) is 0 Å². The first-order valence-corrected chi connectivity index (χ1v) is 4.51. The molecule has 5 N–H and O–H groups in total. The summed E-state index contributed by atoms with van der Waals surface area (Å²) >= 11 is 0. The van der Waals surface area contributed by atoms with Crippen molar-refractivity contribution in [2.75, 3.05) is 5.73 Å². The number of nitrogen functional groups attached to an aromatic ring is 1. The average molecular weight is 224 g/mol. The van der Waals surface area contributed by atoms with Crippen molar-refractivity contribution in [3.05, 3.63) is 23.8 Å². The number of nitrogens with two attached hydrogens (primary N) is 2. The highest BCUT2D eigenvalue weighted by molar-refractivity contribution is 6.02. The number of ether oxygens (including phenoxy) is 1. The maximum atomic E-state index is 11.6. The van der Waals surface area contributed by atoms with Crippen LogP contribution < -0.4 is 11.5 Å². The number of para-hydroxylation sites is 1. The zero-order chi connectivity index (χ0) is 12.1. The van der Waals surface area contributed by atoms with Gasteiger partial charge in [0, 0.05) is 5.56 Å². The van der Waals surface area contributed by atoms with E-state index in [9.17, 15) is 14.7 Å². The topological polar surface area (TPSA) is 116 Å². The van der Waals surface area contributed by atoms with E-state index >= 15 is 0 Å². The molecule has 1 aromatic rings. The molecule has 86 valence electrons. The van der Waals surface area contributed by atoms with Crippen molar-refractivity contribution in [2.24, 2.45) is 5.73 Å². The predicted molar refractivity (Wildman–Crippen MR) is 56.6 cm³/mol. The first-order chi connectivity index (χ1) is 7.56. The van der Waals surface area contributed by atoms with Crippen LogP contribution in [0.5, 0.6) is 5.75 Å². The summed E-state index contributed by atoms with van der Waals surface area (Å²) < 4.78 is 4.38. The molecule has 0 aromatic heterocycles. The highest BCUT2D eigenvalue weighted by Gasteiger charge is 2.16. The first-order valence-electron chi connectivity index (χ1n) is 4.51. The van der Waals surface area contributed by atoms with Crippen molar-refractivity contribution in [1.82, 2.24) is 0 Å². The lowest BCUT2D eigenvalue weighted by atomic mass is 10.1. The molecule has 6 heteroatoms. The van der Waals surface area contributed by atoms with Gasteiger partial charge in [0.05, 0.1) is 12.1 Å².